The van der Waals surface area contributed by atoms with Gasteiger partial charge in [-0.15, -0.1) is 0 Å². The lowest BCUT2D eigenvalue weighted by atomic mass is 10.0. The summed E-state index contributed by atoms with van der Waals surface area (Å²) >= 11 is 0. The molecule has 0 radical (unpaired) electrons. The summed E-state index contributed by atoms with van der Waals surface area (Å²) in [6, 6.07) is 0. The van der Waals surface area contributed by atoms with E-state index in [0.29, 0.717) is 0 Å². The van der Waals surface area contributed by atoms with Crippen molar-refractivity contribution >= 4 is 0 Å². The van der Waals surface area contributed by atoms with E-state index < -0.39 is 0 Å². The van der Waals surface area contributed by atoms with Gasteiger partial charge < -0.3 is 4.74 Å². The van der Waals surface area contributed by atoms with Crippen LogP contribution >= 0.6 is 0 Å². The fourth-order valence-electron chi connectivity index (χ4n) is 3.13. The molecule has 0 aliphatic heterocycles. The maximum Gasteiger partial charge on any atom is 0.0466 e. The van der Waals surface area contributed by atoms with Gasteiger partial charge >= 0.3 is 0 Å². The third kappa shape index (κ3) is 22.0. The summed E-state index contributed by atoms with van der Waals surface area (Å²) < 4.78 is 5.69. The third-order valence-electron chi connectivity index (χ3n) is 4.78. The highest BCUT2D eigenvalue weighted by molar-refractivity contribution is 4.49. The molecule has 140 valence electrons. The van der Waals surface area contributed by atoms with Crippen LogP contribution in [0.4, 0.5) is 0 Å². The Morgan fingerprint density at radius 2 is 0.609 bits per heavy atom. The van der Waals surface area contributed by atoms with E-state index >= 15 is 0 Å². The molecule has 1 heteroatoms. The zero-order valence-corrected chi connectivity index (χ0v) is 16.6. The second-order valence-electron chi connectivity index (χ2n) is 7.27. The molecular formula is C22H46O. The van der Waals surface area contributed by atoms with Gasteiger partial charge in [0.05, 0.1) is 0 Å². The van der Waals surface area contributed by atoms with E-state index in [4.69, 9.17) is 4.74 Å². The fourth-order valence-corrected chi connectivity index (χ4v) is 3.13. The van der Waals surface area contributed by atoms with Crippen molar-refractivity contribution in [2.45, 2.75) is 129 Å². The maximum atomic E-state index is 5.69. The van der Waals surface area contributed by atoms with Crippen molar-refractivity contribution in [1.82, 2.24) is 0 Å². The highest BCUT2D eigenvalue weighted by Crippen LogP contribution is 2.13. The molecule has 0 saturated heterocycles. The first-order valence-corrected chi connectivity index (χ1v) is 11.0. The second-order valence-corrected chi connectivity index (χ2v) is 7.27. The molecule has 0 amide bonds. The minimum atomic E-state index is 0.985. The molecule has 0 atom stereocenters. The fraction of sp³-hybridized carbons (Fsp3) is 1.00. The quantitative estimate of drug-likeness (QED) is 0.205. The van der Waals surface area contributed by atoms with Crippen molar-refractivity contribution in [3.05, 3.63) is 0 Å². The van der Waals surface area contributed by atoms with Crippen molar-refractivity contribution in [3.63, 3.8) is 0 Å². The van der Waals surface area contributed by atoms with Crippen LogP contribution in [0.25, 0.3) is 0 Å². The van der Waals surface area contributed by atoms with Crippen molar-refractivity contribution in [3.8, 4) is 0 Å². The first-order valence-electron chi connectivity index (χ1n) is 11.0. The van der Waals surface area contributed by atoms with Gasteiger partial charge in [0.25, 0.3) is 0 Å². The highest BCUT2D eigenvalue weighted by Gasteiger charge is 1.94. The Morgan fingerprint density at radius 3 is 0.957 bits per heavy atom. The molecule has 0 aromatic carbocycles. The highest BCUT2D eigenvalue weighted by atomic mass is 16.5. The molecule has 0 rings (SSSR count). The number of hydrogen-bond acceptors (Lipinski definition) is 1. The summed E-state index contributed by atoms with van der Waals surface area (Å²) in [5.74, 6) is 0. The Morgan fingerprint density at radius 1 is 0.348 bits per heavy atom. The van der Waals surface area contributed by atoms with Gasteiger partial charge in [0.2, 0.25) is 0 Å². The normalized spacial score (nSPS) is 11.2. The third-order valence-corrected chi connectivity index (χ3v) is 4.78. The van der Waals surface area contributed by atoms with E-state index in [1.165, 1.54) is 116 Å². The Bertz CT molecular complexity index is 170. The van der Waals surface area contributed by atoms with Crippen LogP contribution in [0.5, 0.6) is 0 Å². The second kappa shape index (κ2) is 22.0. The van der Waals surface area contributed by atoms with Gasteiger partial charge in [-0.25, -0.2) is 0 Å². The lowest BCUT2D eigenvalue weighted by Gasteiger charge is -2.05. The van der Waals surface area contributed by atoms with Crippen LogP contribution in [0.2, 0.25) is 0 Å². The molecule has 0 heterocycles. The largest absolute Gasteiger partial charge is 0.381 e. The Labute approximate surface area is 148 Å². The topological polar surface area (TPSA) is 9.23 Å². The van der Waals surface area contributed by atoms with Crippen molar-refractivity contribution in [1.29, 1.82) is 0 Å². The predicted octanol–water partition coefficient (Wildman–Crippen LogP) is 8.06. The molecule has 0 aliphatic rings. The SMILES string of the molecule is CCCCCCCCCCCCCCCCOCCCCCC. The van der Waals surface area contributed by atoms with Crippen molar-refractivity contribution in [2.24, 2.45) is 0 Å². The van der Waals surface area contributed by atoms with E-state index in [1.54, 1.807) is 0 Å². The minimum Gasteiger partial charge on any atom is -0.381 e. The lowest BCUT2D eigenvalue weighted by molar-refractivity contribution is 0.125. The zero-order chi connectivity index (χ0) is 16.8. The first kappa shape index (κ1) is 23.0. The van der Waals surface area contributed by atoms with E-state index in [2.05, 4.69) is 13.8 Å². The average molecular weight is 327 g/mol. The summed E-state index contributed by atoms with van der Waals surface area (Å²) in [5, 5.41) is 0. The molecule has 0 saturated carbocycles. The Balaban J connectivity index is 2.92. The van der Waals surface area contributed by atoms with Crippen LogP contribution in [0.1, 0.15) is 129 Å². The van der Waals surface area contributed by atoms with Gasteiger partial charge in [-0.05, 0) is 12.8 Å². The summed E-state index contributed by atoms with van der Waals surface area (Å²) in [6.45, 7) is 6.53. The van der Waals surface area contributed by atoms with E-state index in [0.717, 1.165) is 13.2 Å². The maximum absolute atomic E-state index is 5.69. The molecule has 23 heavy (non-hydrogen) atoms. The summed E-state index contributed by atoms with van der Waals surface area (Å²) in [6.07, 6.45) is 25.3. The monoisotopic (exact) mass is 326 g/mol. The van der Waals surface area contributed by atoms with Gasteiger partial charge in [-0.2, -0.15) is 0 Å². The van der Waals surface area contributed by atoms with E-state index in [9.17, 15) is 0 Å². The van der Waals surface area contributed by atoms with E-state index in [1.807, 2.05) is 0 Å². The molecule has 0 fully saturated rings. The standard InChI is InChI=1S/C22H46O/c1-3-5-7-9-10-11-12-13-14-15-16-17-18-20-22-23-21-19-8-6-4-2/h3-22H2,1-2H3. The summed E-state index contributed by atoms with van der Waals surface area (Å²) in [4.78, 5) is 0. The molecular weight excluding hydrogens is 280 g/mol. The van der Waals surface area contributed by atoms with Crippen LogP contribution in [-0.2, 0) is 4.74 Å². The predicted molar refractivity (Wildman–Crippen MR) is 105 cm³/mol. The zero-order valence-electron chi connectivity index (χ0n) is 16.6. The van der Waals surface area contributed by atoms with Crippen LogP contribution in [0.3, 0.4) is 0 Å². The van der Waals surface area contributed by atoms with Crippen LogP contribution in [-0.4, -0.2) is 13.2 Å². The molecule has 1 nitrogen and oxygen atoms in total. The van der Waals surface area contributed by atoms with E-state index in [-0.39, 0.29) is 0 Å². The summed E-state index contributed by atoms with van der Waals surface area (Å²) in [7, 11) is 0. The Kier molecular flexibility index (Phi) is 21.9. The number of hydrogen-bond donors (Lipinski definition) is 0. The van der Waals surface area contributed by atoms with Crippen LogP contribution < -0.4 is 0 Å². The van der Waals surface area contributed by atoms with Gasteiger partial charge in [0.1, 0.15) is 0 Å². The number of unbranched alkanes of at least 4 members (excludes halogenated alkanes) is 16. The minimum absolute atomic E-state index is 0.985. The van der Waals surface area contributed by atoms with Gasteiger partial charge in [-0.1, -0.05) is 117 Å². The molecule has 0 aromatic heterocycles. The number of ether oxygens (including phenoxy) is 1. The summed E-state index contributed by atoms with van der Waals surface area (Å²) in [5.41, 5.74) is 0. The smallest absolute Gasteiger partial charge is 0.0466 e. The van der Waals surface area contributed by atoms with Crippen LogP contribution in [0.15, 0.2) is 0 Å². The molecule has 0 N–H and O–H groups in total. The molecule has 0 aromatic rings. The number of rotatable bonds is 20. The molecule has 0 bridgehead atoms. The lowest BCUT2D eigenvalue weighted by Crippen LogP contribution is -1.97. The molecule has 0 aliphatic carbocycles. The molecule has 0 unspecified atom stereocenters. The average Bonchev–Trinajstić information content (AvgIpc) is 2.57. The van der Waals surface area contributed by atoms with Crippen LogP contribution in [0, 0.1) is 0 Å². The van der Waals surface area contributed by atoms with Gasteiger partial charge in [-0.3, -0.25) is 0 Å². The first-order chi connectivity index (χ1) is 11.4. The van der Waals surface area contributed by atoms with Gasteiger partial charge in [0.15, 0.2) is 0 Å². The van der Waals surface area contributed by atoms with Crippen molar-refractivity contribution < 1.29 is 4.74 Å². The Hall–Kier alpha value is -0.0400. The van der Waals surface area contributed by atoms with Crippen molar-refractivity contribution in [2.75, 3.05) is 13.2 Å². The molecule has 0 spiro atoms. The van der Waals surface area contributed by atoms with Gasteiger partial charge in [0, 0.05) is 13.2 Å².